The molecule has 24 heavy (non-hydrogen) atoms. The molecule has 10 heteroatoms. The highest BCUT2D eigenvalue weighted by Crippen LogP contribution is 2.30. The summed E-state index contributed by atoms with van der Waals surface area (Å²) in [5.74, 6) is 0.297. The summed E-state index contributed by atoms with van der Waals surface area (Å²) in [6.07, 6.45) is 6.53. The Morgan fingerprint density at radius 2 is 2.08 bits per heavy atom. The van der Waals surface area contributed by atoms with Crippen LogP contribution in [0.25, 0.3) is 17.0 Å². The Balaban J connectivity index is 1.76. The van der Waals surface area contributed by atoms with Gasteiger partial charge in [-0.3, -0.25) is 9.38 Å². The number of nitrogens with two attached hydrogens (primary N) is 1. The van der Waals surface area contributed by atoms with Crippen LogP contribution in [0.15, 0.2) is 45.4 Å². The van der Waals surface area contributed by atoms with Gasteiger partial charge in [0.15, 0.2) is 17.2 Å². The van der Waals surface area contributed by atoms with Gasteiger partial charge >= 0.3 is 0 Å². The van der Waals surface area contributed by atoms with Crippen molar-refractivity contribution in [2.75, 3.05) is 5.73 Å². The Labute approximate surface area is 139 Å². The summed E-state index contributed by atoms with van der Waals surface area (Å²) in [5.41, 5.74) is 8.24. The zero-order valence-corrected chi connectivity index (χ0v) is 13.2. The maximum absolute atomic E-state index is 9.50. The second-order valence-electron chi connectivity index (χ2n) is 4.98. The topological polar surface area (TPSA) is 128 Å². The first-order chi connectivity index (χ1) is 11.6. The summed E-state index contributed by atoms with van der Waals surface area (Å²) in [6.45, 7) is 1.90. The van der Waals surface area contributed by atoms with E-state index in [-0.39, 0.29) is 11.6 Å². The van der Waals surface area contributed by atoms with Gasteiger partial charge in [0.2, 0.25) is 0 Å². The molecular formula is C14H11N7O2S. The van der Waals surface area contributed by atoms with Crippen molar-refractivity contribution in [2.45, 2.75) is 16.8 Å². The van der Waals surface area contributed by atoms with E-state index in [4.69, 9.17) is 5.73 Å². The minimum atomic E-state index is 0.108. The Hall–Kier alpha value is -3.14. The number of nitrogens with zero attached hydrogens (tertiary/aromatic N) is 6. The Morgan fingerprint density at radius 1 is 1.21 bits per heavy atom. The highest BCUT2D eigenvalue weighted by Gasteiger charge is 2.18. The number of aromatic nitrogens is 6. The Kier molecular flexibility index (Phi) is 3.31. The predicted octanol–water partition coefficient (Wildman–Crippen LogP) is 1.92. The summed E-state index contributed by atoms with van der Waals surface area (Å²) >= 11 is 1.38. The van der Waals surface area contributed by atoms with Crippen molar-refractivity contribution >= 4 is 23.2 Å². The van der Waals surface area contributed by atoms with Gasteiger partial charge in [0.05, 0.1) is 12.4 Å². The minimum Gasteiger partial charge on any atom is -0.506 e. The molecule has 4 heterocycles. The lowest BCUT2D eigenvalue weighted by molar-refractivity contribution is 0.310. The zero-order valence-electron chi connectivity index (χ0n) is 12.4. The number of aromatic hydroxyl groups is 1. The number of rotatable bonds is 3. The molecule has 0 amide bonds. The molecule has 0 aliphatic heterocycles. The van der Waals surface area contributed by atoms with Crippen molar-refractivity contribution < 1.29 is 9.74 Å². The first-order valence-corrected chi connectivity index (χ1v) is 7.68. The molecule has 0 radical (unpaired) electrons. The molecule has 120 valence electrons. The second-order valence-corrected chi connectivity index (χ2v) is 6.07. The third kappa shape index (κ3) is 2.42. The van der Waals surface area contributed by atoms with Gasteiger partial charge in [-0.1, -0.05) is 11.8 Å². The summed E-state index contributed by atoms with van der Waals surface area (Å²) in [4.78, 5) is 13.6. The lowest BCUT2D eigenvalue weighted by Crippen LogP contribution is -1.92. The number of imidazole rings is 1. The van der Waals surface area contributed by atoms with Crippen LogP contribution in [0.3, 0.4) is 0 Å². The summed E-state index contributed by atoms with van der Waals surface area (Å²) < 4.78 is 6.52. The van der Waals surface area contributed by atoms with E-state index in [1.807, 2.05) is 17.5 Å². The van der Waals surface area contributed by atoms with Crippen LogP contribution in [0.4, 0.5) is 5.82 Å². The monoisotopic (exact) mass is 341 g/mol. The third-order valence-corrected chi connectivity index (χ3v) is 4.26. The molecule has 0 fully saturated rings. The molecule has 4 aromatic heterocycles. The number of fused-ring (bicyclic) bond motifs is 1. The smallest absolute Gasteiger partial charge is 0.198 e. The normalized spacial score (nSPS) is 11.2. The van der Waals surface area contributed by atoms with Crippen LogP contribution in [0.2, 0.25) is 0 Å². The fraction of sp³-hybridized carbons (Fsp3) is 0.0714. The van der Waals surface area contributed by atoms with Crippen molar-refractivity contribution in [3.05, 3.63) is 36.5 Å². The molecule has 0 spiro atoms. The van der Waals surface area contributed by atoms with E-state index in [2.05, 4.69) is 29.9 Å². The maximum Gasteiger partial charge on any atom is 0.198 e. The van der Waals surface area contributed by atoms with E-state index in [1.54, 1.807) is 18.5 Å². The molecule has 0 aliphatic carbocycles. The summed E-state index contributed by atoms with van der Waals surface area (Å²) in [6, 6.07) is 1.62. The number of pyridine rings is 1. The predicted molar refractivity (Wildman–Crippen MR) is 85.5 cm³/mol. The number of anilines is 1. The average molecular weight is 341 g/mol. The van der Waals surface area contributed by atoms with Crippen LogP contribution in [0.5, 0.6) is 5.75 Å². The van der Waals surface area contributed by atoms with Gasteiger partial charge < -0.3 is 10.8 Å². The van der Waals surface area contributed by atoms with E-state index >= 15 is 0 Å². The SMILES string of the molecule is Cc1c(-c2nonc2N)nc2cnc(Sc3cncc(O)c3)cn12. The minimum absolute atomic E-state index is 0.108. The Bertz CT molecular complexity index is 1040. The maximum atomic E-state index is 9.50. The molecule has 0 bridgehead atoms. The summed E-state index contributed by atoms with van der Waals surface area (Å²) in [5, 5.41) is 17.6. The second kappa shape index (κ2) is 5.49. The molecule has 9 nitrogen and oxygen atoms in total. The number of aryl methyl sites for hydroxylation is 1. The van der Waals surface area contributed by atoms with Crippen LogP contribution in [-0.4, -0.2) is 34.8 Å². The molecule has 4 rings (SSSR count). The van der Waals surface area contributed by atoms with Gasteiger partial charge in [-0.2, -0.15) is 0 Å². The third-order valence-electron chi connectivity index (χ3n) is 3.38. The molecule has 0 atom stereocenters. The van der Waals surface area contributed by atoms with Crippen molar-refractivity contribution in [1.29, 1.82) is 0 Å². The molecule has 0 unspecified atom stereocenters. The fourth-order valence-electron chi connectivity index (χ4n) is 2.28. The van der Waals surface area contributed by atoms with E-state index in [0.29, 0.717) is 17.0 Å². The van der Waals surface area contributed by atoms with Gasteiger partial charge in [-0.25, -0.2) is 14.6 Å². The summed E-state index contributed by atoms with van der Waals surface area (Å²) in [7, 11) is 0. The van der Waals surface area contributed by atoms with Crippen molar-refractivity contribution in [3.8, 4) is 17.1 Å². The average Bonchev–Trinajstić information content (AvgIpc) is 3.11. The highest BCUT2D eigenvalue weighted by molar-refractivity contribution is 7.99. The quantitative estimate of drug-likeness (QED) is 0.574. The number of nitrogen functional groups attached to an aromatic ring is 1. The standard InChI is InChI=1S/C14H11N7O2S/c1-7-12(13-14(15)20-23-19-13)18-10-5-17-11(6-21(7)10)24-9-2-8(22)3-16-4-9/h2-6,22H,1H3,(H2,15,20). The number of hydrogen-bond donors (Lipinski definition) is 2. The van der Waals surface area contributed by atoms with Crippen LogP contribution in [0, 0.1) is 6.92 Å². The highest BCUT2D eigenvalue weighted by atomic mass is 32.2. The van der Waals surface area contributed by atoms with E-state index < -0.39 is 0 Å². The van der Waals surface area contributed by atoms with E-state index in [9.17, 15) is 5.11 Å². The molecule has 0 aliphatic rings. The molecule has 3 N–H and O–H groups in total. The first-order valence-electron chi connectivity index (χ1n) is 6.87. The van der Waals surface area contributed by atoms with E-state index in [0.717, 1.165) is 15.6 Å². The van der Waals surface area contributed by atoms with Crippen LogP contribution >= 0.6 is 11.8 Å². The lowest BCUT2D eigenvalue weighted by Gasteiger charge is -2.03. The lowest BCUT2D eigenvalue weighted by atomic mass is 10.2. The Morgan fingerprint density at radius 3 is 2.83 bits per heavy atom. The van der Waals surface area contributed by atoms with E-state index in [1.165, 1.54) is 18.0 Å². The van der Waals surface area contributed by atoms with Crippen molar-refractivity contribution in [3.63, 3.8) is 0 Å². The molecular weight excluding hydrogens is 330 g/mol. The van der Waals surface area contributed by atoms with Gasteiger partial charge in [0, 0.05) is 23.0 Å². The van der Waals surface area contributed by atoms with Gasteiger partial charge in [0.25, 0.3) is 0 Å². The molecule has 0 saturated heterocycles. The van der Waals surface area contributed by atoms with Crippen molar-refractivity contribution in [2.24, 2.45) is 0 Å². The van der Waals surface area contributed by atoms with Gasteiger partial charge in [-0.15, -0.1) is 0 Å². The zero-order chi connectivity index (χ0) is 16.7. The van der Waals surface area contributed by atoms with Gasteiger partial charge in [0.1, 0.15) is 16.5 Å². The number of hydrogen-bond acceptors (Lipinski definition) is 9. The fourth-order valence-corrected chi connectivity index (χ4v) is 3.07. The van der Waals surface area contributed by atoms with Crippen LogP contribution in [-0.2, 0) is 0 Å². The first kappa shape index (κ1) is 14.5. The molecule has 0 saturated carbocycles. The molecule has 4 aromatic rings. The van der Waals surface area contributed by atoms with Gasteiger partial charge in [-0.05, 0) is 23.3 Å². The largest absolute Gasteiger partial charge is 0.506 e. The van der Waals surface area contributed by atoms with Crippen LogP contribution in [0.1, 0.15) is 5.69 Å². The van der Waals surface area contributed by atoms with Crippen molar-refractivity contribution in [1.82, 2.24) is 29.7 Å². The van der Waals surface area contributed by atoms with Crippen LogP contribution < -0.4 is 5.73 Å². The molecule has 0 aromatic carbocycles.